The smallest absolute Gasteiger partial charge is 0.327 e. The highest BCUT2D eigenvalue weighted by Gasteiger charge is 2.32. The number of aryl methyl sites for hydroxylation is 1. The van der Waals surface area contributed by atoms with E-state index in [0.29, 0.717) is 50.9 Å². The second kappa shape index (κ2) is 11.9. The number of amides is 1. The quantitative estimate of drug-likeness (QED) is 0.459. The molecule has 0 saturated carbocycles. The second-order valence-corrected chi connectivity index (χ2v) is 8.18. The molecule has 0 bridgehead atoms. The third kappa shape index (κ3) is 6.69. The molecule has 0 spiro atoms. The SMILES string of the molecule is COC(=O)C(c1ccccc1Cl)N1CCN(CC(=O)NCCOc2cccc(C)c2)CC1. The first-order chi connectivity index (χ1) is 15.5. The van der Waals surface area contributed by atoms with Crippen molar-refractivity contribution in [3.8, 4) is 5.75 Å². The molecule has 1 fully saturated rings. The molecule has 3 rings (SSSR count). The normalized spacial score (nSPS) is 15.7. The van der Waals surface area contributed by atoms with Gasteiger partial charge < -0.3 is 14.8 Å². The zero-order valence-electron chi connectivity index (χ0n) is 18.6. The van der Waals surface area contributed by atoms with E-state index in [-0.39, 0.29) is 11.9 Å². The Morgan fingerprint density at radius 3 is 2.53 bits per heavy atom. The maximum Gasteiger partial charge on any atom is 0.327 e. The number of hydrogen-bond acceptors (Lipinski definition) is 6. The van der Waals surface area contributed by atoms with Crippen molar-refractivity contribution in [2.45, 2.75) is 13.0 Å². The molecule has 0 radical (unpaired) electrons. The highest BCUT2D eigenvalue weighted by molar-refractivity contribution is 6.31. The van der Waals surface area contributed by atoms with Gasteiger partial charge in [0.05, 0.1) is 20.2 Å². The molecule has 1 saturated heterocycles. The average molecular weight is 460 g/mol. The molecule has 2 aromatic rings. The fourth-order valence-corrected chi connectivity index (χ4v) is 4.02. The topological polar surface area (TPSA) is 71.1 Å². The molecule has 2 aromatic carbocycles. The summed E-state index contributed by atoms with van der Waals surface area (Å²) in [6, 6.07) is 14.6. The molecule has 1 aliphatic heterocycles. The van der Waals surface area contributed by atoms with E-state index in [1.165, 1.54) is 7.11 Å². The van der Waals surface area contributed by atoms with Crippen molar-refractivity contribution in [1.82, 2.24) is 15.1 Å². The summed E-state index contributed by atoms with van der Waals surface area (Å²) < 4.78 is 10.7. The van der Waals surface area contributed by atoms with Gasteiger partial charge in [0.1, 0.15) is 18.4 Å². The number of methoxy groups -OCH3 is 1. The minimum atomic E-state index is -0.552. The zero-order chi connectivity index (χ0) is 22.9. The van der Waals surface area contributed by atoms with Crippen molar-refractivity contribution in [2.24, 2.45) is 0 Å². The van der Waals surface area contributed by atoms with E-state index in [0.717, 1.165) is 16.9 Å². The van der Waals surface area contributed by atoms with Gasteiger partial charge in [0.25, 0.3) is 0 Å². The van der Waals surface area contributed by atoms with Crippen molar-refractivity contribution in [3.63, 3.8) is 0 Å². The summed E-state index contributed by atoms with van der Waals surface area (Å²) >= 11 is 6.34. The number of carbonyl (C=O) groups is 2. The van der Waals surface area contributed by atoms with E-state index in [1.807, 2.05) is 49.4 Å². The van der Waals surface area contributed by atoms with Crippen LogP contribution in [0.25, 0.3) is 0 Å². The average Bonchev–Trinajstić information content (AvgIpc) is 2.79. The minimum absolute atomic E-state index is 0.0399. The lowest BCUT2D eigenvalue weighted by Crippen LogP contribution is -2.51. The predicted octanol–water partition coefficient (Wildman–Crippen LogP) is 2.68. The summed E-state index contributed by atoms with van der Waals surface area (Å²) in [5.74, 6) is 0.425. The molecule has 0 aromatic heterocycles. The van der Waals surface area contributed by atoms with Crippen LogP contribution in [0.15, 0.2) is 48.5 Å². The van der Waals surface area contributed by atoms with Gasteiger partial charge in [0.2, 0.25) is 5.91 Å². The first kappa shape index (κ1) is 24.0. The highest BCUT2D eigenvalue weighted by Crippen LogP contribution is 2.29. The summed E-state index contributed by atoms with van der Waals surface area (Å²) in [5, 5.41) is 3.44. The Balaban J connectivity index is 1.43. The standard InChI is InChI=1S/C24H30ClN3O4/c1-18-6-5-7-19(16-18)32-15-10-26-22(29)17-27-11-13-28(14-12-27)23(24(30)31-2)20-8-3-4-9-21(20)25/h3-9,16,23H,10-15,17H2,1-2H3,(H,26,29). The highest BCUT2D eigenvalue weighted by atomic mass is 35.5. The molecule has 0 aliphatic carbocycles. The van der Waals surface area contributed by atoms with Crippen LogP contribution in [-0.2, 0) is 14.3 Å². The van der Waals surface area contributed by atoms with Crippen molar-refractivity contribution < 1.29 is 19.1 Å². The summed E-state index contributed by atoms with van der Waals surface area (Å²) in [4.78, 5) is 28.9. The van der Waals surface area contributed by atoms with Crippen LogP contribution in [0.1, 0.15) is 17.2 Å². The number of nitrogens with zero attached hydrogens (tertiary/aromatic N) is 2. The number of piperazine rings is 1. The first-order valence-corrected chi connectivity index (χ1v) is 11.1. The summed E-state index contributed by atoms with van der Waals surface area (Å²) in [7, 11) is 1.38. The Morgan fingerprint density at radius 2 is 1.84 bits per heavy atom. The predicted molar refractivity (Wildman–Crippen MR) is 124 cm³/mol. The van der Waals surface area contributed by atoms with Crippen LogP contribution >= 0.6 is 11.6 Å². The number of halogens is 1. The maximum atomic E-state index is 12.5. The second-order valence-electron chi connectivity index (χ2n) is 7.77. The molecule has 1 heterocycles. The van der Waals surface area contributed by atoms with Gasteiger partial charge in [0, 0.05) is 31.2 Å². The van der Waals surface area contributed by atoms with Gasteiger partial charge in [-0.3, -0.25) is 14.6 Å². The fraction of sp³-hybridized carbons (Fsp3) is 0.417. The molecule has 1 N–H and O–H groups in total. The van der Waals surface area contributed by atoms with Crippen LogP contribution in [-0.4, -0.2) is 74.7 Å². The van der Waals surface area contributed by atoms with E-state index in [1.54, 1.807) is 6.07 Å². The molecule has 1 amide bonds. The summed E-state index contributed by atoms with van der Waals surface area (Å²) in [6.45, 7) is 5.80. The van der Waals surface area contributed by atoms with Gasteiger partial charge in [-0.2, -0.15) is 0 Å². The molecule has 7 nitrogen and oxygen atoms in total. The number of esters is 1. The van der Waals surface area contributed by atoms with Crippen LogP contribution in [0.5, 0.6) is 5.75 Å². The van der Waals surface area contributed by atoms with E-state index in [4.69, 9.17) is 21.1 Å². The number of nitrogens with one attached hydrogen (secondary N) is 1. The van der Waals surface area contributed by atoms with Gasteiger partial charge >= 0.3 is 5.97 Å². The number of carbonyl (C=O) groups excluding carboxylic acids is 2. The number of benzene rings is 2. The van der Waals surface area contributed by atoms with Crippen LogP contribution in [0.3, 0.4) is 0 Å². The maximum absolute atomic E-state index is 12.5. The Hall–Kier alpha value is -2.61. The minimum Gasteiger partial charge on any atom is -0.492 e. The van der Waals surface area contributed by atoms with Crippen LogP contribution in [0.4, 0.5) is 0 Å². The van der Waals surface area contributed by atoms with E-state index < -0.39 is 6.04 Å². The van der Waals surface area contributed by atoms with Crippen molar-refractivity contribution in [1.29, 1.82) is 0 Å². The van der Waals surface area contributed by atoms with Gasteiger partial charge in [-0.05, 0) is 36.2 Å². The van der Waals surface area contributed by atoms with E-state index >= 15 is 0 Å². The van der Waals surface area contributed by atoms with Gasteiger partial charge in [0.15, 0.2) is 0 Å². The lowest BCUT2D eigenvalue weighted by Gasteiger charge is -2.38. The van der Waals surface area contributed by atoms with Crippen molar-refractivity contribution in [2.75, 3.05) is 53.0 Å². The van der Waals surface area contributed by atoms with Gasteiger partial charge in [-0.15, -0.1) is 0 Å². The first-order valence-electron chi connectivity index (χ1n) is 10.7. The van der Waals surface area contributed by atoms with Gasteiger partial charge in [-0.25, -0.2) is 4.79 Å². The van der Waals surface area contributed by atoms with Crippen LogP contribution in [0.2, 0.25) is 5.02 Å². The molecular formula is C24H30ClN3O4. The lowest BCUT2D eigenvalue weighted by atomic mass is 10.0. The molecule has 32 heavy (non-hydrogen) atoms. The van der Waals surface area contributed by atoms with Crippen LogP contribution in [0, 0.1) is 6.92 Å². The van der Waals surface area contributed by atoms with Gasteiger partial charge in [-0.1, -0.05) is 41.9 Å². The molecular weight excluding hydrogens is 430 g/mol. The molecule has 1 unspecified atom stereocenters. The Kier molecular flexibility index (Phi) is 8.90. The number of rotatable bonds is 9. The molecule has 8 heteroatoms. The van der Waals surface area contributed by atoms with Crippen molar-refractivity contribution in [3.05, 3.63) is 64.7 Å². The van der Waals surface area contributed by atoms with E-state index in [2.05, 4.69) is 15.1 Å². The monoisotopic (exact) mass is 459 g/mol. The zero-order valence-corrected chi connectivity index (χ0v) is 19.3. The Labute approximate surface area is 194 Å². The third-order valence-corrected chi connectivity index (χ3v) is 5.79. The largest absolute Gasteiger partial charge is 0.492 e. The summed E-state index contributed by atoms with van der Waals surface area (Å²) in [6.07, 6.45) is 0. The molecule has 1 atom stereocenters. The number of ether oxygens (including phenoxy) is 2. The Morgan fingerprint density at radius 1 is 1.09 bits per heavy atom. The van der Waals surface area contributed by atoms with Crippen LogP contribution < -0.4 is 10.1 Å². The molecule has 1 aliphatic rings. The van der Waals surface area contributed by atoms with E-state index in [9.17, 15) is 9.59 Å². The van der Waals surface area contributed by atoms with Crippen molar-refractivity contribution >= 4 is 23.5 Å². The fourth-order valence-electron chi connectivity index (χ4n) is 3.78. The summed E-state index contributed by atoms with van der Waals surface area (Å²) in [5.41, 5.74) is 1.87. The third-order valence-electron chi connectivity index (χ3n) is 5.45. The Bertz CT molecular complexity index is 916. The number of hydrogen-bond donors (Lipinski definition) is 1. The lowest BCUT2D eigenvalue weighted by molar-refractivity contribution is -0.148. The molecule has 172 valence electrons.